The predicted octanol–water partition coefficient (Wildman–Crippen LogP) is 5.98. The van der Waals surface area contributed by atoms with Crippen molar-refractivity contribution in [1.29, 1.82) is 0 Å². The lowest BCUT2D eigenvalue weighted by atomic mass is 9.88. The van der Waals surface area contributed by atoms with Crippen molar-refractivity contribution in [2.24, 2.45) is 11.8 Å². The summed E-state index contributed by atoms with van der Waals surface area (Å²) in [6, 6.07) is 22.8. The van der Waals surface area contributed by atoms with Crippen LogP contribution < -0.4 is 0 Å². The van der Waals surface area contributed by atoms with E-state index >= 15 is 0 Å². The van der Waals surface area contributed by atoms with Gasteiger partial charge in [-0.15, -0.1) is 0 Å². The molecule has 4 rings (SSSR count). The molecule has 1 heterocycles. The maximum Gasteiger partial charge on any atom is 0.253 e. The van der Waals surface area contributed by atoms with Gasteiger partial charge in [0.2, 0.25) is 0 Å². The van der Waals surface area contributed by atoms with Crippen molar-refractivity contribution in [3.05, 3.63) is 107 Å². The molecule has 3 aromatic rings. The quantitative estimate of drug-likeness (QED) is 0.411. The van der Waals surface area contributed by atoms with Crippen LogP contribution in [0, 0.1) is 23.5 Å². The minimum Gasteiger partial charge on any atom is -0.338 e. The van der Waals surface area contributed by atoms with Gasteiger partial charge in [0.1, 0.15) is 11.6 Å². The molecule has 0 spiro atoms. The van der Waals surface area contributed by atoms with E-state index in [9.17, 15) is 13.6 Å². The second-order valence-corrected chi connectivity index (χ2v) is 9.71. The fourth-order valence-corrected chi connectivity index (χ4v) is 4.94. The van der Waals surface area contributed by atoms with Crippen molar-refractivity contribution in [3.63, 3.8) is 0 Å². The van der Waals surface area contributed by atoms with Gasteiger partial charge in [-0.1, -0.05) is 56.3 Å². The van der Waals surface area contributed by atoms with Gasteiger partial charge in [0.15, 0.2) is 0 Å². The van der Waals surface area contributed by atoms with Crippen LogP contribution in [0.15, 0.2) is 78.9 Å². The molecule has 5 heteroatoms. The summed E-state index contributed by atoms with van der Waals surface area (Å²) in [5.41, 5.74) is 2.84. The molecule has 1 amide bonds. The van der Waals surface area contributed by atoms with E-state index in [-0.39, 0.29) is 29.4 Å². The summed E-state index contributed by atoms with van der Waals surface area (Å²) in [6.45, 7) is 7.90. The van der Waals surface area contributed by atoms with Gasteiger partial charge in [-0.25, -0.2) is 8.78 Å². The summed E-state index contributed by atoms with van der Waals surface area (Å²) < 4.78 is 27.0. The first-order chi connectivity index (χ1) is 16.4. The van der Waals surface area contributed by atoms with E-state index in [1.807, 2.05) is 59.5 Å². The number of hydrogen-bond acceptors (Lipinski definition) is 2. The van der Waals surface area contributed by atoms with Crippen LogP contribution in [0.3, 0.4) is 0 Å². The molecule has 1 fully saturated rings. The molecule has 2 atom stereocenters. The maximum absolute atomic E-state index is 13.6. The number of nitrogens with zero attached hydrogens (tertiary/aromatic N) is 2. The molecular weight excluding hydrogens is 430 g/mol. The molecule has 1 aliphatic heterocycles. The average molecular weight is 463 g/mol. The Bertz CT molecular complexity index is 1070. The molecule has 34 heavy (non-hydrogen) atoms. The molecule has 1 saturated heterocycles. The average Bonchev–Trinajstić information content (AvgIpc) is 3.22. The van der Waals surface area contributed by atoms with Crippen molar-refractivity contribution in [2.45, 2.75) is 26.3 Å². The van der Waals surface area contributed by atoms with Crippen LogP contribution in [-0.2, 0) is 6.54 Å². The smallest absolute Gasteiger partial charge is 0.253 e. The third-order valence-electron chi connectivity index (χ3n) is 6.48. The van der Waals surface area contributed by atoms with Crippen LogP contribution in [0.5, 0.6) is 0 Å². The van der Waals surface area contributed by atoms with Gasteiger partial charge in [-0.2, -0.15) is 0 Å². The van der Waals surface area contributed by atoms with E-state index in [1.54, 1.807) is 0 Å². The number of rotatable bonds is 8. The van der Waals surface area contributed by atoms with E-state index < -0.39 is 0 Å². The van der Waals surface area contributed by atoms with Crippen LogP contribution in [0.2, 0.25) is 0 Å². The zero-order chi connectivity index (χ0) is 24.1. The van der Waals surface area contributed by atoms with Crippen molar-refractivity contribution in [3.8, 4) is 0 Å². The van der Waals surface area contributed by atoms with E-state index in [0.717, 1.165) is 24.2 Å². The molecule has 0 saturated carbocycles. The first-order valence-electron chi connectivity index (χ1n) is 12.0. The van der Waals surface area contributed by atoms with Gasteiger partial charge < -0.3 is 4.90 Å². The Morgan fingerprint density at radius 1 is 0.912 bits per heavy atom. The molecule has 0 radical (unpaired) electrons. The highest BCUT2D eigenvalue weighted by Crippen LogP contribution is 2.34. The first kappa shape index (κ1) is 24.1. The zero-order valence-corrected chi connectivity index (χ0v) is 19.8. The number of likely N-dealkylation sites (tertiary alicyclic amines) is 1. The highest BCUT2D eigenvalue weighted by molar-refractivity contribution is 5.94. The molecule has 178 valence electrons. The van der Waals surface area contributed by atoms with E-state index in [0.29, 0.717) is 31.1 Å². The largest absolute Gasteiger partial charge is 0.338 e. The predicted molar refractivity (Wildman–Crippen MR) is 131 cm³/mol. The lowest BCUT2D eigenvalue weighted by molar-refractivity contribution is 0.0703. The Morgan fingerprint density at radius 2 is 1.53 bits per heavy atom. The molecule has 1 aliphatic rings. The fourth-order valence-electron chi connectivity index (χ4n) is 4.94. The molecule has 2 unspecified atom stereocenters. The Morgan fingerprint density at radius 3 is 2.15 bits per heavy atom. The molecule has 3 nitrogen and oxygen atoms in total. The third kappa shape index (κ3) is 6.09. The highest BCUT2D eigenvalue weighted by Gasteiger charge is 2.36. The Labute approximate surface area is 201 Å². The van der Waals surface area contributed by atoms with Gasteiger partial charge in [0.25, 0.3) is 5.91 Å². The number of carbonyl (C=O) groups is 1. The number of hydrogen-bond donors (Lipinski definition) is 0. The monoisotopic (exact) mass is 462 g/mol. The third-order valence-corrected chi connectivity index (χ3v) is 6.48. The molecule has 0 bridgehead atoms. The van der Waals surface area contributed by atoms with Crippen LogP contribution in [0.1, 0.15) is 41.3 Å². The molecular formula is C29H32F2N2O. The standard InChI is InChI=1S/C29H32F2N2O/c1-21(2)16-33(29(34)24-6-4-3-5-7-24)19-25-18-32(17-22-8-12-26(30)13-9-22)20-28(25)23-10-14-27(31)15-11-23/h3-15,21,25,28H,16-20H2,1-2H3. The van der Waals surface area contributed by atoms with E-state index in [4.69, 9.17) is 0 Å². The molecule has 0 N–H and O–H groups in total. The maximum atomic E-state index is 13.6. The van der Waals surface area contributed by atoms with Crippen molar-refractivity contribution in [1.82, 2.24) is 9.80 Å². The molecule has 3 aromatic carbocycles. The Balaban J connectivity index is 1.57. The van der Waals surface area contributed by atoms with Crippen molar-refractivity contribution < 1.29 is 13.6 Å². The van der Waals surface area contributed by atoms with Gasteiger partial charge in [-0.05, 0) is 59.4 Å². The van der Waals surface area contributed by atoms with Crippen LogP contribution >= 0.6 is 0 Å². The zero-order valence-electron chi connectivity index (χ0n) is 19.8. The summed E-state index contributed by atoms with van der Waals surface area (Å²) >= 11 is 0. The van der Waals surface area contributed by atoms with Gasteiger partial charge in [0.05, 0.1) is 0 Å². The minimum absolute atomic E-state index is 0.0455. The van der Waals surface area contributed by atoms with Gasteiger partial charge in [-0.3, -0.25) is 9.69 Å². The summed E-state index contributed by atoms with van der Waals surface area (Å²) in [4.78, 5) is 17.7. The SMILES string of the molecule is CC(C)CN(CC1CN(Cc2ccc(F)cc2)CC1c1ccc(F)cc1)C(=O)c1ccccc1. The van der Waals surface area contributed by atoms with Crippen molar-refractivity contribution >= 4 is 5.91 Å². The summed E-state index contributed by atoms with van der Waals surface area (Å²) in [5.74, 6) is 0.285. The van der Waals surface area contributed by atoms with Crippen molar-refractivity contribution in [2.75, 3.05) is 26.2 Å². The Hall–Kier alpha value is -3.05. The van der Waals surface area contributed by atoms with Crippen LogP contribution in [0.25, 0.3) is 0 Å². The lowest BCUT2D eigenvalue weighted by Gasteiger charge is -2.30. The number of halogens is 2. The van der Waals surface area contributed by atoms with Gasteiger partial charge >= 0.3 is 0 Å². The topological polar surface area (TPSA) is 23.6 Å². The summed E-state index contributed by atoms with van der Waals surface area (Å²) in [6.07, 6.45) is 0. The lowest BCUT2D eigenvalue weighted by Crippen LogP contribution is -2.39. The van der Waals surface area contributed by atoms with Crippen LogP contribution in [-0.4, -0.2) is 41.9 Å². The summed E-state index contributed by atoms with van der Waals surface area (Å²) in [5, 5.41) is 0. The van der Waals surface area contributed by atoms with Crippen LogP contribution in [0.4, 0.5) is 8.78 Å². The first-order valence-corrected chi connectivity index (χ1v) is 12.0. The second-order valence-electron chi connectivity index (χ2n) is 9.71. The van der Waals surface area contributed by atoms with E-state index in [1.165, 1.54) is 24.3 Å². The molecule has 0 aromatic heterocycles. The van der Waals surface area contributed by atoms with E-state index in [2.05, 4.69) is 18.7 Å². The fraction of sp³-hybridized carbons (Fsp3) is 0.345. The molecule has 0 aliphatic carbocycles. The minimum atomic E-state index is -0.248. The normalized spacial score (nSPS) is 18.4. The number of benzene rings is 3. The highest BCUT2D eigenvalue weighted by atomic mass is 19.1. The Kier molecular flexibility index (Phi) is 7.73. The summed E-state index contributed by atoms with van der Waals surface area (Å²) in [7, 11) is 0. The van der Waals surface area contributed by atoms with Gasteiger partial charge in [0, 0.05) is 44.2 Å². The number of carbonyl (C=O) groups excluding carboxylic acids is 1. The number of amides is 1. The second kappa shape index (κ2) is 10.9.